The number of rotatable bonds is 2. The summed E-state index contributed by atoms with van der Waals surface area (Å²) in [5.74, 6) is -1.50. The average molecular weight is 186 g/mol. The van der Waals surface area contributed by atoms with Crippen molar-refractivity contribution in [2.75, 3.05) is 26.3 Å². The quantitative estimate of drug-likeness (QED) is 0.560. The van der Waals surface area contributed by atoms with Crippen molar-refractivity contribution in [3.63, 3.8) is 0 Å². The molecule has 0 radical (unpaired) electrons. The highest BCUT2D eigenvalue weighted by Gasteiger charge is 2.25. The molecule has 74 valence electrons. The summed E-state index contributed by atoms with van der Waals surface area (Å²) in [6.07, 6.45) is 0. The van der Waals surface area contributed by atoms with Gasteiger partial charge in [-0.05, 0) is 6.92 Å². The second-order valence-electron chi connectivity index (χ2n) is 3.06. The summed E-state index contributed by atoms with van der Waals surface area (Å²) in [7, 11) is 0. The van der Waals surface area contributed by atoms with Crippen LogP contribution in [0.2, 0.25) is 0 Å². The summed E-state index contributed by atoms with van der Waals surface area (Å²) < 4.78 is 5.08. The van der Waals surface area contributed by atoms with Crippen molar-refractivity contribution >= 4 is 11.8 Å². The van der Waals surface area contributed by atoms with Crippen molar-refractivity contribution in [2.45, 2.75) is 6.92 Å². The van der Waals surface area contributed by atoms with E-state index in [1.54, 1.807) is 4.90 Å². The molecule has 1 fully saturated rings. The van der Waals surface area contributed by atoms with Gasteiger partial charge in [-0.25, -0.2) is 0 Å². The van der Waals surface area contributed by atoms with Crippen molar-refractivity contribution in [1.82, 2.24) is 4.90 Å². The Labute approximate surface area is 76.8 Å². The van der Waals surface area contributed by atoms with Crippen molar-refractivity contribution in [3.05, 3.63) is 0 Å². The molecule has 1 aliphatic heterocycles. The Morgan fingerprint density at radius 1 is 1.38 bits per heavy atom. The Kier molecular flexibility index (Phi) is 3.25. The van der Waals surface area contributed by atoms with Crippen LogP contribution < -0.4 is 5.73 Å². The van der Waals surface area contributed by atoms with Crippen molar-refractivity contribution in [3.8, 4) is 0 Å². The minimum atomic E-state index is -0.724. The minimum absolute atomic E-state index is 0.198. The number of nitrogens with two attached hydrogens (primary N) is 1. The highest BCUT2D eigenvalue weighted by atomic mass is 16.5. The SMILES string of the molecule is CC(C(N)=O)C(=O)N1CCOCC1. The maximum atomic E-state index is 11.5. The maximum Gasteiger partial charge on any atom is 0.235 e. The molecule has 0 aromatic carbocycles. The van der Waals surface area contributed by atoms with Crippen LogP contribution in [0.3, 0.4) is 0 Å². The van der Waals surface area contributed by atoms with Crippen LogP contribution in [0.15, 0.2) is 0 Å². The molecule has 0 spiro atoms. The average Bonchev–Trinajstić information content (AvgIpc) is 2.17. The first-order valence-corrected chi connectivity index (χ1v) is 4.29. The van der Waals surface area contributed by atoms with Gasteiger partial charge in [0, 0.05) is 13.1 Å². The normalized spacial score (nSPS) is 19.6. The number of hydrogen-bond donors (Lipinski definition) is 1. The van der Waals surface area contributed by atoms with E-state index in [9.17, 15) is 9.59 Å². The van der Waals surface area contributed by atoms with E-state index in [0.717, 1.165) is 0 Å². The van der Waals surface area contributed by atoms with Crippen LogP contribution in [-0.2, 0) is 14.3 Å². The van der Waals surface area contributed by atoms with E-state index in [0.29, 0.717) is 26.3 Å². The minimum Gasteiger partial charge on any atom is -0.378 e. The number of primary amides is 1. The van der Waals surface area contributed by atoms with E-state index >= 15 is 0 Å². The van der Waals surface area contributed by atoms with Crippen molar-refractivity contribution < 1.29 is 14.3 Å². The molecule has 0 aromatic rings. The van der Waals surface area contributed by atoms with Gasteiger partial charge in [0.25, 0.3) is 0 Å². The third-order valence-electron chi connectivity index (χ3n) is 2.12. The van der Waals surface area contributed by atoms with Gasteiger partial charge in [0.15, 0.2) is 0 Å². The zero-order chi connectivity index (χ0) is 9.84. The molecule has 1 heterocycles. The molecular weight excluding hydrogens is 172 g/mol. The molecule has 0 bridgehead atoms. The molecule has 1 atom stereocenters. The molecule has 5 nitrogen and oxygen atoms in total. The molecule has 0 aromatic heterocycles. The summed E-state index contributed by atoms with van der Waals surface area (Å²) in [6, 6.07) is 0. The maximum absolute atomic E-state index is 11.5. The molecule has 1 unspecified atom stereocenters. The number of carbonyl (C=O) groups excluding carboxylic acids is 2. The number of nitrogens with zero attached hydrogens (tertiary/aromatic N) is 1. The van der Waals surface area contributed by atoms with E-state index in [2.05, 4.69) is 0 Å². The molecule has 0 aliphatic carbocycles. The van der Waals surface area contributed by atoms with E-state index in [1.165, 1.54) is 6.92 Å². The molecular formula is C8H14N2O3. The predicted molar refractivity (Wildman–Crippen MR) is 45.8 cm³/mol. The molecule has 1 saturated heterocycles. The molecule has 2 N–H and O–H groups in total. The summed E-state index contributed by atoms with van der Waals surface area (Å²) >= 11 is 0. The highest BCUT2D eigenvalue weighted by Crippen LogP contribution is 2.04. The Bertz CT molecular complexity index is 211. The second kappa shape index (κ2) is 4.23. The highest BCUT2D eigenvalue weighted by molar-refractivity contribution is 5.99. The van der Waals surface area contributed by atoms with Crippen molar-refractivity contribution in [1.29, 1.82) is 0 Å². The van der Waals surface area contributed by atoms with E-state index < -0.39 is 11.8 Å². The number of hydrogen-bond acceptors (Lipinski definition) is 3. The largest absolute Gasteiger partial charge is 0.378 e. The van der Waals surface area contributed by atoms with E-state index in [1.807, 2.05) is 0 Å². The Morgan fingerprint density at radius 2 is 1.92 bits per heavy atom. The molecule has 5 heteroatoms. The zero-order valence-electron chi connectivity index (χ0n) is 7.66. The predicted octanol–water partition coefficient (Wildman–Crippen LogP) is -1.03. The van der Waals surface area contributed by atoms with Gasteiger partial charge >= 0.3 is 0 Å². The van der Waals surface area contributed by atoms with E-state index in [4.69, 9.17) is 10.5 Å². The number of ether oxygens (including phenoxy) is 1. The Balaban J connectivity index is 2.50. The van der Waals surface area contributed by atoms with Crippen LogP contribution in [0.25, 0.3) is 0 Å². The smallest absolute Gasteiger partial charge is 0.235 e. The van der Waals surface area contributed by atoms with Crippen LogP contribution in [-0.4, -0.2) is 43.0 Å². The van der Waals surface area contributed by atoms with Gasteiger partial charge in [-0.15, -0.1) is 0 Å². The van der Waals surface area contributed by atoms with Gasteiger partial charge < -0.3 is 15.4 Å². The lowest BCUT2D eigenvalue weighted by molar-refractivity contribution is -0.143. The summed E-state index contributed by atoms with van der Waals surface area (Å²) in [6.45, 7) is 3.71. The van der Waals surface area contributed by atoms with Crippen LogP contribution in [0.5, 0.6) is 0 Å². The standard InChI is InChI=1S/C8H14N2O3/c1-6(7(9)11)8(12)10-2-4-13-5-3-10/h6H,2-5H2,1H3,(H2,9,11). The third-order valence-corrected chi connectivity index (χ3v) is 2.12. The zero-order valence-corrected chi connectivity index (χ0v) is 7.66. The van der Waals surface area contributed by atoms with Gasteiger partial charge in [0.1, 0.15) is 5.92 Å². The lowest BCUT2D eigenvalue weighted by Crippen LogP contribution is -2.46. The Morgan fingerprint density at radius 3 is 2.38 bits per heavy atom. The number of carbonyl (C=O) groups is 2. The fraction of sp³-hybridized carbons (Fsp3) is 0.750. The van der Waals surface area contributed by atoms with Gasteiger partial charge in [-0.2, -0.15) is 0 Å². The second-order valence-corrected chi connectivity index (χ2v) is 3.06. The number of amides is 2. The topological polar surface area (TPSA) is 72.6 Å². The lowest BCUT2D eigenvalue weighted by Gasteiger charge is -2.28. The van der Waals surface area contributed by atoms with Crippen molar-refractivity contribution in [2.24, 2.45) is 11.7 Å². The summed E-state index contributed by atoms with van der Waals surface area (Å²) in [5, 5.41) is 0. The van der Waals surface area contributed by atoms with Crippen LogP contribution >= 0.6 is 0 Å². The molecule has 1 rings (SSSR count). The molecule has 1 aliphatic rings. The van der Waals surface area contributed by atoms with Gasteiger partial charge in [-0.3, -0.25) is 9.59 Å². The van der Waals surface area contributed by atoms with E-state index in [-0.39, 0.29) is 5.91 Å². The molecule has 13 heavy (non-hydrogen) atoms. The van der Waals surface area contributed by atoms with Gasteiger partial charge in [0.2, 0.25) is 11.8 Å². The number of morpholine rings is 1. The first-order chi connectivity index (χ1) is 6.13. The van der Waals surface area contributed by atoms with Gasteiger partial charge in [0.05, 0.1) is 13.2 Å². The summed E-state index contributed by atoms with van der Waals surface area (Å²) in [5.41, 5.74) is 5.03. The lowest BCUT2D eigenvalue weighted by atomic mass is 10.1. The van der Waals surface area contributed by atoms with Crippen LogP contribution in [0, 0.1) is 5.92 Å². The van der Waals surface area contributed by atoms with Crippen LogP contribution in [0.4, 0.5) is 0 Å². The van der Waals surface area contributed by atoms with Gasteiger partial charge in [-0.1, -0.05) is 0 Å². The molecule has 2 amide bonds. The third kappa shape index (κ3) is 2.42. The first kappa shape index (κ1) is 9.98. The van der Waals surface area contributed by atoms with Crippen LogP contribution in [0.1, 0.15) is 6.92 Å². The fourth-order valence-electron chi connectivity index (χ4n) is 1.18. The Hall–Kier alpha value is -1.10. The monoisotopic (exact) mass is 186 g/mol. The first-order valence-electron chi connectivity index (χ1n) is 4.29. The fourth-order valence-corrected chi connectivity index (χ4v) is 1.18. The molecule has 0 saturated carbocycles. The summed E-state index contributed by atoms with van der Waals surface area (Å²) in [4.78, 5) is 23.8.